The second-order valence-electron chi connectivity index (χ2n) is 7.33. The number of pyridine rings is 2. The Morgan fingerprint density at radius 1 is 1.23 bits per heavy atom. The Morgan fingerprint density at radius 2 is 2.03 bits per heavy atom. The summed E-state index contributed by atoms with van der Waals surface area (Å²) in [5, 5.41) is 24.6. The Bertz CT molecular complexity index is 1130. The van der Waals surface area contributed by atoms with E-state index >= 15 is 0 Å². The average molecular weight is 400 g/mol. The van der Waals surface area contributed by atoms with E-state index in [9.17, 15) is 5.26 Å². The van der Waals surface area contributed by atoms with Crippen LogP contribution < -0.4 is 10.2 Å². The van der Waals surface area contributed by atoms with Crippen LogP contribution in [0.2, 0.25) is 0 Å². The SMILES string of the molecule is CN/C=C(\C=N)c1cc(-c2ccc(N3CCN(C)CC3)nc2)c2c(C#N)cnn2c1. The standard InChI is InChI=1S/C22H24N8/c1-25-12-18(10-23)17-9-20(22-19(11-24)14-27-30(22)15-17)16-3-4-21(26-13-16)29-7-5-28(2)6-8-29/h3-4,9-10,12-15,23,25H,5-8H2,1-2H3/b18-12+,23-10?. The van der Waals surface area contributed by atoms with Crippen LogP contribution in [0.5, 0.6) is 0 Å². The summed E-state index contributed by atoms with van der Waals surface area (Å²) in [6, 6.07) is 8.29. The Kier molecular flexibility index (Phi) is 5.46. The van der Waals surface area contributed by atoms with Crippen molar-refractivity contribution in [2.24, 2.45) is 0 Å². The Labute approximate surface area is 175 Å². The van der Waals surface area contributed by atoms with Gasteiger partial charge in [-0.05, 0) is 25.2 Å². The maximum atomic E-state index is 9.55. The van der Waals surface area contributed by atoms with Crippen LogP contribution >= 0.6 is 0 Å². The molecule has 1 aliphatic heterocycles. The van der Waals surface area contributed by atoms with Gasteiger partial charge in [0, 0.05) is 80.3 Å². The minimum Gasteiger partial charge on any atom is -0.393 e. The molecule has 30 heavy (non-hydrogen) atoms. The highest BCUT2D eigenvalue weighted by atomic mass is 15.3. The number of piperazine rings is 1. The number of likely N-dealkylation sites (N-methyl/N-ethyl adjacent to an activating group) is 1. The fourth-order valence-corrected chi connectivity index (χ4v) is 3.71. The number of nitriles is 1. The summed E-state index contributed by atoms with van der Waals surface area (Å²) in [6.45, 7) is 3.97. The fraction of sp³-hybridized carbons (Fsp3) is 0.273. The van der Waals surface area contributed by atoms with Gasteiger partial charge >= 0.3 is 0 Å². The molecule has 152 valence electrons. The molecule has 1 saturated heterocycles. The lowest BCUT2D eigenvalue weighted by Gasteiger charge is -2.33. The number of anilines is 1. The first-order valence-corrected chi connectivity index (χ1v) is 9.84. The molecule has 1 aliphatic rings. The monoisotopic (exact) mass is 400 g/mol. The minimum absolute atomic E-state index is 0.508. The molecule has 4 heterocycles. The van der Waals surface area contributed by atoms with Crippen LogP contribution in [0, 0.1) is 16.7 Å². The molecular weight excluding hydrogens is 376 g/mol. The summed E-state index contributed by atoms with van der Waals surface area (Å²) >= 11 is 0. The van der Waals surface area contributed by atoms with Crippen molar-refractivity contribution in [1.82, 2.24) is 24.8 Å². The first kappa shape index (κ1) is 19.6. The van der Waals surface area contributed by atoms with E-state index in [1.165, 1.54) is 6.21 Å². The topological polar surface area (TPSA) is 96.3 Å². The fourth-order valence-electron chi connectivity index (χ4n) is 3.71. The number of nitrogens with zero attached hydrogens (tertiary/aromatic N) is 6. The van der Waals surface area contributed by atoms with Gasteiger partial charge in [0.05, 0.1) is 17.3 Å². The third-order valence-electron chi connectivity index (χ3n) is 5.41. The summed E-state index contributed by atoms with van der Waals surface area (Å²) < 4.78 is 1.70. The number of fused-ring (bicyclic) bond motifs is 1. The molecule has 0 aliphatic carbocycles. The molecular formula is C22H24N8. The molecule has 0 bridgehead atoms. The van der Waals surface area contributed by atoms with Crippen molar-refractivity contribution in [3.05, 3.63) is 54.1 Å². The van der Waals surface area contributed by atoms with Gasteiger partial charge in [0.1, 0.15) is 11.9 Å². The van der Waals surface area contributed by atoms with Gasteiger partial charge in [-0.3, -0.25) is 0 Å². The number of nitrogens with one attached hydrogen (secondary N) is 2. The van der Waals surface area contributed by atoms with Crippen molar-refractivity contribution in [3.8, 4) is 17.2 Å². The van der Waals surface area contributed by atoms with Gasteiger partial charge in [-0.15, -0.1) is 0 Å². The van der Waals surface area contributed by atoms with Gasteiger partial charge in [0.15, 0.2) is 0 Å². The number of aromatic nitrogens is 3. The Hall–Kier alpha value is -3.70. The predicted molar refractivity (Wildman–Crippen MR) is 119 cm³/mol. The quantitative estimate of drug-likeness (QED) is 0.638. The lowest BCUT2D eigenvalue weighted by atomic mass is 10.0. The molecule has 3 aromatic heterocycles. The minimum atomic E-state index is 0.508. The molecule has 0 saturated carbocycles. The molecule has 8 heteroatoms. The van der Waals surface area contributed by atoms with Gasteiger partial charge in [-0.1, -0.05) is 0 Å². The molecule has 0 aromatic carbocycles. The van der Waals surface area contributed by atoms with Gasteiger partial charge in [0.25, 0.3) is 0 Å². The highest BCUT2D eigenvalue weighted by Crippen LogP contribution is 2.30. The summed E-state index contributed by atoms with van der Waals surface area (Å²) in [5.41, 5.74) is 4.57. The number of hydrogen-bond acceptors (Lipinski definition) is 7. The zero-order chi connectivity index (χ0) is 21.1. The maximum absolute atomic E-state index is 9.55. The van der Waals surface area contributed by atoms with E-state index in [0.29, 0.717) is 5.56 Å². The van der Waals surface area contributed by atoms with Crippen LogP contribution in [-0.2, 0) is 0 Å². The molecule has 2 N–H and O–H groups in total. The van der Waals surface area contributed by atoms with Gasteiger partial charge in [0.2, 0.25) is 0 Å². The second kappa shape index (κ2) is 8.35. The summed E-state index contributed by atoms with van der Waals surface area (Å²) in [4.78, 5) is 9.31. The first-order valence-electron chi connectivity index (χ1n) is 9.84. The van der Waals surface area contributed by atoms with E-state index in [1.807, 2.05) is 30.6 Å². The van der Waals surface area contributed by atoms with Crippen LogP contribution in [0.15, 0.2) is 43.0 Å². The average Bonchev–Trinajstić information content (AvgIpc) is 3.20. The van der Waals surface area contributed by atoms with Crippen LogP contribution in [0.25, 0.3) is 22.2 Å². The number of hydrogen-bond donors (Lipinski definition) is 2. The third-order valence-corrected chi connectivity index (χ3v) is 5.41. The van der Waals surface area contributed by atoms with Crippen LogP contribution in [0.4, 0.5) is 5.82 Å². The zero-order valence-electron chi connectivity index (χ0n) is 17.1. The van der Waals surface area contributed by atoms with Crippen molar-refractivity contribution >= 4 is 23.1 Å². The Morgan fingerprint density at radius 3 is 2.67 bits per heavy atom. The van der Waals surface area contributed by atoms with E-state index in [2.05, 4.69) is 33.3 Å². The molecule has 4 rings (SSSR count). The van der Waals surface area contributed by atoms with Crippen molar-refractivity contribution in [2.75, 3.05) is 45.2 Å². The number of allylic oxidation sites excluding steroid dienone is 1. The largest absolute Gasteiger partial charge is 0.393 e. The van der Waals surface area contributed by atoms with Gasteiger partial charge in [-0.25, -0.2) is 9.50 Å². The molecule has 1 fully saturated rings. The van der Waals surface area contributed by atoms with E-state index in [0.717, 1.165) is 59.8 Å². The molecule has 0 amide bonds. The van der Waals surface area contributed by atoms with E-state index in [-0.39, 0.29) is 0 Å². The van der Waals surface area contributed by atoms with Gasteiger partial charge in [-0.2, -0.15) is 10.4 Å². The molecule has 0 radical (unpaired) electrons. The summed E-state index contributed by atoms with van der Waals surface area (Å²) in [7, 11) is 3.93. The lowest BCUT2D eigenvalue weighted by molar-refractivity contribution is 0.312. The van der Waals surface area contributed by atoms with E-state index in [1.54, 1.807) is 24.0 Å². The Balaban J connectivity index is 1.79. The molecule has 3 aromatic rings. The smallest absolute Gasteiger partial charge is 0.128 e. The van der Waals surface area contributed by atoms with E-state index < -0.39 is 0 Å². The predicted octanol–water partition coefficient (Wildman–Crippen LogP) is 2.23. The summed E-state index contributed by atoms with van der Waals surface area (Å²) in [5.74, 6) is 0.961. The summed E-state index contributed by atoms with van der Waals surface area (Å²) in [6.07, 6.45) is 8.32. The molecule has 0 atom stereocenters. The van der Waals surface area contributed by atoms with E-state index in [4.69, 9.17) is 10.4 Å². The normalized spacial score (nSPS) is 15.2. The lowest BCUT2D eigenvalue weighted by Crippen LogP contribution is -2.44. The highest BCUT2D eigenvalue weighted by Gasteiger charge is 2.17. The molecule has 8 nitrogen and oxygen atoms in total. The van der Waals surface area contributed by atoms with Crippen molar-refractivity contribution < 1.29 is 0 Å². The van der Waals surface area contributed by atoms with Crippen LogP contribution in [0.3, 0.4) is 0 Å². The first-order chi connectivity index (χ1) is 14.6. The molecule has 0 spiro atoms. The highest BCUT2D eigenvalue weighted by molar-refractivity contribution is 6.08. The maximum Gasteiger partial charge on any atom is 0.128 e. The zero-order valence-corrected chi connectivity index (χ0v) is 17.1. The van der Waals surface area contributed by atoms with Gasteiger partial charge < -0.3 is 20.5 Å². The third kappa shape index (κ3) is 3.63. The van der Waals surface area contributed by atoms with Crippen molar-refractivity contribution in [1.29, 1.82) is 10.7 Å². The number of rotatable bonds is 5. The second-order valence-corrected chi connectivity index (χ2v) is 7.33. The van der Waals surface area contributed by atoms with Crippen LogP contribution in [-0.4, -0.2) is 66.0 Å². The van der Waals surface area contributed by atoms with Crippen LogP contribution in [0.1, 0.15) is 11.1 Å². The molecule has 0 unspecified atom stereocenters. The van der Waals surface area contributed by atoms with Crippen molar-refractivity contribution in [3.63, 3.8) is 0 Å². The van der Waals surface area contributed by atoms with Crippen molar-refractivity contribution in [2.45, 2.75) is 0 Å².